The van der Waals surface area contributed by atoms with Gasteiger partial charge < -0.3 is 14.4 Å². The second kappa shape index (κ2) is 6.21. The Morgan fingerprint density at radius 2 is 2.24 bits per heavy atom. The maximum atomic E-state index is 13.9. The Labute approximate surface area is 120 Å². The lowest BCUT2D eigenvalue weighted by Crippen LogP contribution is -2.01. The van der Waals surface area contributed by atoms with Crippen LogP contribution in [-0.4, -0.2) is 16.2 Å². The molecule has 0 saturated heterocycles. The van der Waals surface area contributed by atoms with E-state index in [1.54, 1.807) is 19.9 Å². The van der Waals surface area contributed by atoms with Crippen LogP contribution < -0.4 is 4.74 Å². The summed E-state index contributed by atoms with van der Waals surface area (Å²) in [6.45, 7) is 3.60. The van der Waals surface area contributed by atoms with Crippen molar-refractivity contribution in [2.45, 2.75) is 20.5 Å². The van der Waals surface area contributed by atoms with Gasteiger partial charge in [-0.05, 0) is 26.0 Å². The van der Waals surface area contributed by atoms with Gasteiger partial charge in [-0.1, -0.05) is 17.3 Å². The van der Waals surface area contributed by atoms with Gasteiger partial charge in [-0.3, -0.25) is 0 Å². The number of carboxylic acids is 1. The van der Waals surface area contributed by atoms with Crippen molar-refractivity contribution in [1.82, 2.24) is 5.16 Å². The van der Waals surface area contributed by atoms with Gasteiger partial charge in [0, 0.05) is 11.6 Å². The minimum atomic E-state index is -1.11. The molecule has 2 aromatic rings. The fourth-order valence-corrected chi connectivity index (χ4v) is 1.82. The zero-order valence-electron chi connectivity index (χ0n) is 11.6. The molecule has 0 atom stereocenters. The van der Waals surface area contributed by atoms with Crippen LogP contribution in [0.2, 0.25) is 0 Å². The topological polar surface area (TPSA) is 72.6 Å². The molecule has 0 spiro atoms. The molecule has 5 nitrogen and oxygen atoms in total. The predicted octanol–water partition coefficient (Wildman–Crippen LogP) is 3.11. The Hall–Kier alpha value is -2.63. The summed E-state index contributed by atoms with van der Waals surface area (Å²) in [4.78, 5) is 10.6. The maximum absolute atomic E-state index is 13.9. The summed E-state index contributed by atoms with van der Waals surface area (Å²) in [5, 5.41) is 12.4. The van der Waals surface area contributed by atoms with E-state index < -0.39 is 11.8 Å². The van der Waals surface area contributed by atoms with Gasteiger partial charge >= 0.3 is 5.97 Å². The van der Waals surface area contributed by atoms with Gasteiger partial charge in [0.1, 0.15) is 12.4 Å². The average Bonchev–Trinajstić information content (AvgIpc) is 2.75. The minimum Gasteiger partial charge on any atom is -0.485 e. The summed E-state index contributed by atoms with van der Waals surface area (Å²) in [6, 6.07) is 4.31. The van der Waals surface area contributed by atoms with Crippen LogP contribution in [0.25, 0.3) is 6.08 Å². The Morgan fingerprint density at radius 1 is 1.48 bits per heavy atom. The standard InChI is InChI=1S/C15H14FNO4/c1-9-12(10(2)21-17-9)8-20-15-11(6-7-14(18)19)4-3-5-13(15)16/h3-7H,8H2,1-2H3,(H,18,19)/b7-6+. The van der Waals surface area contributed by atoms with Crippen LogP contribution in [0.3, 0.4) is 0 Å². The maximum Gasteiger partial charge on any atom is 0.328 e. The Kier molecular flexibility index (Phi) is 4.37. The summed E-state index contributed by atoms with van der Waals surface area (Å²) >= 11 is 0. The van der Waals surface area contributed by atoms with E-state index in [-0.39, 0.29) is 12.4 Å². The van der Waals surface area contributed by atoms with Gasteiger partial charge in [0.2, 0.25) is 0 Å². The molecule has 1 N–H and O–H groups in total. The molecule has 2 rings (SSSR count). The third-order valence-corrected chi connectivity index (χ3v) is 2.94. The van der Waals surface area contributed by atoms with Crippen molar-refractivity contribution < 1.29 is 23.6 Å². The second-order valence-corrected chi connectivity index (χ2v) is 4.42. The van der Waals surface area contributed by atoms with E-state index in [2.05, 4.69) is 5.16 Å². The number of aromatic nitrogens is 1. The number of aryl methyl sites for hydroxylation is 2. The first kappa shape index (κ1) is 14.8. The summed E-state index contributed by atoms with van der Waals surface area (Å²) in [7, 11) is 0. The summed E-state index contributed by atoms with van der Waals surface area (Å²) in [5.41, 5.74) is 1.77. The molecular formula is C15H14FNO4. The van der Waals surface area contributed by atoms with Crippen molar-refractivity contribution >= 4 is 12.0 Å². The molecule has 0 aliphatic heterocycles. The number of hydrogen-bond donors (Lipinski definition) is 1. The number of carbonyl (C=O) groups is 1. The number of ether oxygens (including phenoxy) is 1. The summed E-state index contributed by atoms with van der Waals surface area (Å²) in [6.07, 6.45) is 2.21. The fourth-order valence-electron chi connectivity index (χ4n) is 1.82. The van der Waals surface area contributed by atoms with Crippen molar-refractivity contribution in [2.75, 3.05) is 0 Å². The van der Waals surface area contributed by atoms with E-state index in [9.17, 15) is 9.18 Å². The molecule has 1 heterocycles. The second-order valence-electron chi connectivity index (χ2n) is 4.42. The normalized spacial score (nSPS) is 11.0. The monoisotopic (exact) mass is 291 g/mol. The van der Waals surface area contributed by atoms with Crippen molar-refractivity contribution in [2.24, 2.45) is 0 Å². The highest BCUT2D eigenvalue weighted by molar-refractivity contribution is 5.85. The molecule has 0 amide bonds. The van der Waals surface area contributed by atoms with Gasteiger partial charge in [-0.2, -0.15) is 0 Å². The van der Waals surface area contributed by atoms with Gasteiger partial charge in [-0.25, -0.2) is 9.18 Å². The number of rotatable bonds is 5. The summed E-state index contributed by atoms with van der Waals surface area (Å²) in [5.74, 6) is -1.08. The fraction of sp³-hybridized carbons (Fsp3) is 0.200. The molecular weight excluding hydrogens is 277 g/mol. The lowest BCUT2D eigenvalue weighted by atomic mass is 10.1. The van der Waals surface area contributed by atoms with E-state index in [4.69, 9.17) is 14.4 Å². The van der Waals surface area contributed by atoms with Crippen molar-refractivity contribution in [1.29, 1.82) is 0 Å². The highest BCUT2D eigenvalue weighted by Gasteiger charge is 2.13. The highest BCUT2D eigenvalue weighted by atomic mass is 19.1. The molecule has 0 unspecified atom stereocenters. The van der Waals surface area contributed by atoms with E-state index in [1.807, 2.05) is 0 Å². The molecule has 6 heteroatoms. The molecule has 0 aliphatic carbocycles. The highest BCUT2D eigenvalue weighted by Crippen LogP contribution is 2.26. The third kappa shape index (κ3) is 3.47. The van der Waals surface area contributed by atoms with Gasteiger partial charge in [0.05, 0.1) is 11.3 Å². The summed E-state index contributed by atoms with van der Waals surface area (Å²) < 4.78 is 24.4. The van der Waals surface area contributed by atoms with Crippen LogP contribution in [-0.2, 0) is 11.4 Å². The molecule has 0 radical (unpaired) electrons. The van der Waals surface area contributed by atoms with Crippen LogP contribution in [0.5, 0.6) is 5.75 Å². The van der Waals surface area contributed by atoms with E-state index in [0.717, 1.165) is 11.6 Å². The predicted molar refractivity (Wildman–Crippen MR) is 73.4 cm³/mol. The van der Waals surface area contributed by atoms with Crippen LogP contribution in [0.1, 0.15) is 22.6 Å². The molecule has 0 aliphatic rings. The number of hydrogen-bond acceptors (Lipinski definition) is 4. The largest absolute Gasteiger partial charge is 0.485 e. The smallest absolute Gasteiger partial charge is 0.328 e. The lowest BCUT2D eigenvalue weighted by Gasteiger charge is -2.10. The molecule has 21 heavy (non-hydrogen) atoms. The van der Waals surface area contributed by atoms with E-state index >= 15 is 0 Å². The Bertz CT molecular complexity index is 671. The number of aliphatic carboxylic acids is 1. The Morgan fingerprint density at radius 3 is 2.86 bits per heavy atom. The van der Waals surface area contributed by atoms with Crippen molar-refractivity contribution in [3.8, 4) is 5.75 Å². The van der Waals surface area contributed by atoms with Crippen LogP contribution in [0.4, 0.5) is 4.39 Å². The molecule has 1 aromatic carbocycles. The zero-order valence-corrected chi connectivity index (χ0v) is 11.6. The van der Waals surface area contributed by atoms with Gasteiger partial charge in [-0.15, -0.1) is 0 Å². The molecule has 0 saturated carbocycles. The van der Waals surface area contributed by atoms with Gasteiger partial charge in [0.25, 0.3) is 0 Å². The van der Waals surface area contributed by atoms with E-state index in [0.29, 0.717) is 17.0 Å². The zero-order chi connectivity index (χ0) is 15.4. The lowest BCUT2D eigenvalue weighted by molar-refractivity contribution is -0.131. The van der Waals surface area contributed by atoms with E-state index in [1.165, 1.54) is 18.2 Å². The molecule has 0 bridgehead atoms. The van der Waals surface area contributed by atoms with Gasteiger partial charge in [0.15, 0.2) is 11.6 Å². The van der Waals surface area contributed by atoms with Crippen molar-refractivity contribution in [3.63, 3.8) is 0 Å². The number of halogens is 1. The number of para-hydroxylation sites is 1. The minimum absolute atomic E-state index is 0.00463. The molecule has 0 fully saturated rings. The Balaban J connectivity index is 2.25. The number of carboxylic acid groups (broad SMARTS) is 1. The number of nitrogens with zero attached hydrogens (tertiary/aromatic N) is 1. The van der Waals surface area contributed by atoms with Crippen LogP contribution in [0, 0.1) is 19.7 Å². The quantitative estimate of drug-likeness (QED) is 0.857. The molecule has 1 aromatic heterocycles. The van der Waals surface area contributed by atoms with Crippen LogP contribution >= 0.6 is 0 Å². The SMILES string of the molecule is Cc1noc(C)c1COc1c(F)cccc1/C=C/C(=O)O. The van der Waals surface area contributed by atoms with Crippen molar-refractivity contribution in [3.05, 3.63) is 52.7 Å². The third-order valence-electron chi connectivity index (χ3n) is 2.94. The first-order chi connectivity index (χ1) is 9.99. The number of benzene rings is 1. The average molecular weight is 291 g/mol. The van der Waals surface area contributed by atoms with Crippen LogP contribution in [0.15, 0.2) is 28.8 Å². The first-order valence-corrected chi connectivity index (χ1v) is 6.23. The molecule has 110 valence electrons. The first-order valence-electron chi connectivity index (χ1n) is 6.23.